The summed E-state index contributed by atoms with van der Waals surface area (Å²) in [6.45, 7) is 4.00. The van der Waals surface area contributed by atoms with Gasteiger partial charge in [-0.3, -0.25) is 0 Å². The Labute approximate surface area is 99.2 Å². The third-order valence-corrected chi connectivity index (χ3v) is 2.86. The maximum absolute atomic E-state index is 13.2. The van der Waals surface area contributed by atoms with Crippen LogP contribution < -0.4 is 10.6 Å². The van der Waals surface area contributed by atoms with Gasteiger partial charge in [0.15, 0.2) is 11.6 Å². The molecule has 1 atom stereocenters. The molecule has 1 fully saturated rings. The smallest absolute Gasteiger partial charge is 0.161 e. The molecular weight excluding hydrogens is 226 g/mol. The van der Waals surface area contributed by atoms with Gasteiger partial charge in [0.25, 0.3) is 0 Å². The van der Waals surface area contributed by atoms with Crippen LogP contribution in [0.4, 0.5) is 20.2 Å². The van der Waals surface area contributed by atoms with Crippen LogP contribution in [0.15, 0.2) is 12.1 Å². The van der Waals surface area contributed by atoms with E-state index in [4.69, 9.17) is 10.5 Å². The van der Waals surface area contributed by atoms with E-state index >= 15 is 0 Å². The number of benzene rings is 1. The van der Waals surface area contributed by atoms with E-state index in [9.17, 15) is 8.78 Å². The van der Waals surface area contributed by atoms with Gasteiger partial charge in [-0.05, 0) is 13.3 Å². The Morgan fingerprint density at radius 3 is 2.82 bits per heavy atom. The second-order valence-electron chi connectivity index (χ2n) is 4.31. The summed E-state index contributed by atoms with van der Waals surface area (Å²) >= 11 is 0. The Morgan fingerprint density at radius 2 is 2.06 bits per heavy atom. The quantitative estimate of drug-likeness (QED) is 0.767. The first-order chi connectivity index (χ1) is 8.08. The van der Waals surface area contributed by atoms with Gasteiger partial charge in [-0.1, -0.05) is 0 Å². The molecule has 17 heavy (non-hydrogen) atoms. The average molecular weight is 242 g/mol. The van der Waals surface area contributed by atoms with Crippen LogP contribution in [0, 0.1) is 11.6 Å². The normalized spacial score (nSPS) is 21.4. The largest absolute Gasteiger partial charge is 0.397 e. The molecule has 1 aromatic carbocycles. The minimum atomic E-state index is -0.912. The molecule has 0 aromatic heterocycles. The molecule has 0 bridgehead atoms. The first kappa shape index (κ1) is 12.1. The number of nitrogen functional groups attached to an aromatic ring is 1. The molecule has 94 valence electrons. The van der Waals surface area contributed by atoms with Crippen LogP contribution in [0.1, 0.15) is 13.3 Å². The molecule has 2 N–H and O–H groups in total. The zero-order valence-electron chi connectivity index (χ0n) is 9.75. The highest BCUT2D eigenvalue weighted by Gasteiger charge is 2.19. The summed E-state index contributed by atoms with van der Waals surface area (Å²) in [4.78, 5) is 1.94. The molecule has 1 aromatic rings. The van der Waals surface area contributed by atoms with Crippen molar-refractivity contribution in [3.63, 3.8) is 0 Å². The maximum Gasteiger partial charge on any atom is 0.161 e. The zero-order valence-corrected chi connectivity index (χ0v) is 9.75. The maximum atomic E-state index is 13.2. The van der Waals surface area contributed by atoms with Crippen LogP contribution >= 0.6 is 0 Å². The van der Waals surface area contributed by atoms with Gasteiger partial charge in [0.1, 0.15) is 0 Å². The molecular formula is C12H16F2N2O. The summed E-state index contributed by atoms with van der Waals surface area (Å²) in [7, 11) is 0. The predicted molar refractivity (Wildman–Crippen MR) is 63.0 cm³/mol. The van der Waals surface area contributed by atoms with Gasteiger partial charge >= 0.3 is 0 Å². The van der Waals surface area contributed by atoms with Crippen LogP contribution in [-0.4, -0.2) is 25.8 Å². The van der Waals surface area contributed by atoms with E-state index in [0.717, 1.165) is 25.1 Å². The Balaban J connectivity index is 2.28. The lowest BCUT2D eigenvalue weighted by atomic mass is 10.2. The minimum Gasteiger partial charge on any atom is -0.397 e. The van der Waals surface area contributed by atoms with Gasteiger partial charge in [0.05, 0.1) is 17.5 Å². The van der Waals surface area contributed by atoms with Gasteiger partial charge in [0, 0.05) is 31.8 Å². The molecule has 2 rings (SSSR count). The SMILES string of the molecule is CC1CN(c2cc(F)c(F)cc2N)CCCO1. The topological polar surface area (TPSA) is 38.5 Å². The van der Waals surface area contributed by atoms with E-state index in [-0.39, 0.29) is 11.8 Å². The van der Waals surface area contributed by atoms with Crippen molar-refractivity contribution >= 4 is 11.4 Å². The van der Waals surface area contributed by atoms with Crippen molar-refractivity contribution < 1.29 is 13.5 Å². The Morgan fingerprint density at radius 1 is 1.35 bits per heavy atom. The van der Waals surface area contributed by atoms with Crippen molar-refractivity contribution in [3.05, 3.63) is 23.8 Å². The van der Waals surface area contributed by atoms with Gasteiger partial charge in [-0.2, -0.15) is 0 Å². The molecule has 1 aliphatic heterocycles. The third-order valence-electron chi connectivity index (χ3n) is 2.86. The summed E-state index contributed by atoms with van der Waals surface area (Å²) in [6.07, 6.45) is 0.910. The fourth-order valence-corrected chi connectivity index (χ4v) is 2.04. The summed E-state index contributed by atoms with van der Waals surface area (Å²) in [5, 5.41) is 0. The molecule has 0 spiro atoms. The number of hydrogen-bond donors (Lipinski definition) is 1. The highest BCUT2D eigenvalue weighted by molar-refractivity contribution is 5.67. The van der Waals surface area contributed by atoms with Gasteiger partial charge in [-0.25, -0.2) is 8.78 Å². The number of rotatable bonds is 1. The van der Waals surface area contributed by atoms with Crippen LogP contribution in [0.5, 0.6) is 0 Å². The lowest BCUT2D eigenvalue weighted by Gasteiger charge is -2.25. The molecule has 1 heterocycles. The van der Waals surface area contributed by atoms with E-state index in [2.05, 4.69) is 0 Å². The minimum absolute atomic E-state index is 0.0602. The summed E-state index contributed by atoms with van der Waals surface area (Å²) in [6, 6.07) is 2.18. The van der Waals surface area contributed by atoms with Crippen LogP contribution in [0.3, 0.4) is 0 Å². The van der Waals surface area contributed by atoms with Crippen molar-refractivity contribution in [2.24, 2.45) is 0 Å². The Kier molecular flexibility index (Phi) is 3.47. The highest BCUT2D eigenvalue weighted by Crippen LogP contribution is 2.27. The molecule has 1 unspecified atom stereocenters. The molecule has 0 aliphatic carbocycles. The lowest BCUT2D eigenvalue weighted by molar-refractivity contribution is 0.0821. The van der Waals surface area contributed by atoms with Crippen molar-refractivity contribution in [1.29, 1.82) is 0 Å². The molecule has 1 saturated heterocycles. The first-order valence-corrected chi connectivity index (χ1v) is 5.69. The first-order valence-electron chi connectivity index (χ1n) is 5.69. The molecule has 3 nitrogen and oxygen atoms in total. The number of ether oxygens (including phenoxy) is 1. The van der Waals surface area contributed by atoms with Crippen LogP contribution in [0.2, 0.25) is 0 Å². The number of nitrogens with two attached hydrogens (primary N) is 1. The number of nitrogens with zero attached hydrogens (tertiary/aromatic N) is 1. The van der Waals surface area contributed by atoms with E-state index in [1.807, 2.05) is 11.8 Å². The fourth-order valence-electron chi connectivity index (χ4n) is 2.04. The molecule has 0 radical (unpaired) electrons. The third kappa shape index (κ3) is 2.66. The van der Waals surface area contributed by atoms with Crippen molar-refractivity contribution in [1.82, 2.24) is 0 Å². The summed E-state index contributed by atoms with van der Waals surface area (Å²) in [5.74, 6) is -1.78. The van der Waals surface area contributed by atoms with Crippen molar-refractivity contribution in [3.8, 4) is 0 Å². The standard InChI is InChI=1S/C12H16F2N2O/c1-8-7-16(3-2-4-17-8)12-6-10(14)9(13)5-11(12)15/h5-6,8H,2-4,7,15H2,1H3. The molecule has 0 amide bonds. The van der Waals surface area contributed by atoms with Crippen LogP contribution in [-0.2, 0) is 4.74 Å². The average Bonchev–Trinajstić information content (AvgIpc) is 2.48. The Bertz CT molecular complexity index is 412. The zero-order chi connectivity index (χ0) is 12.4. The number of anilines is 2. The summed E-state index contributed by atoms with van der Waals surface area (Å²) in [5.41, 5.74) is 6.53. The van der Waals surface area contributed by atoms with Crippen LogP contribution in [0.25, 0.3) is 0 Å². The van der Waals surface area contributed by atoms with E-state index < -0.39 is 11.6 Å². The fraction of sp³-hybridized carbons (Fsp3) is 0.500. The van der Waals surface area contributed by atoms with Crippen molar-refractivity contribution in [2.45, 2.75) is 19.4 Å². The lowest BCUT2D eigenvalue weighted by Crippen LogP contribution is -2.30. The monoisotopic (exact) mass is 242 g/mol. The molecule has 1 aliphatic rings. The highest BCUT2D eigenvalue weighted by atomic mass is 19.2. The summed E-state index contributed by atoms with van der Waals surface area (Å²) < 4.78 is 31.7. The van der Waals surface area contributed by atoms with Gasteiger partial charge in [0.2, 0.25) is 0 Å². The van der Waals surface area contributed by atoms with Gasteiger partial charge < -0.3 is 15.4 Å². The second kappa shape index (κ2) is 4.87. The molecule has 5 heteroatoms. The van der Waals surface area contributed by atoms with Crippen molar-refractivity contribution in [2.75, 3.05) is 30.3 Å². The van der Waals surface area contributed by atoms with E-state index in [0.29, 0.717) is 18.8 Å². The van der Waals surface area contributed by atoms with E-state index in [1.54, 1.807) is 0 Å². The number of hydrogen-bond acceptors (Lipinski definition) is 3. The number of halogens is 2. The predicted octanol–water partition coefficient (Wildman–Crippen LogP) is 2.16. The van der Waals surface area contributed by atoms with E-state index in [1.165, 1.54) is 0 Å². The Hall–Kier alpha value is -1.36. The van der Waals surface area contributed by atoms with Gasteiger partial charge in [-0.15, -0.1) is 0 Å². The second-order valence-corrected chi connectivity index (χ2v) is 4.31. The molecule has 0 saturated carbocycles.